The predicted molar refractivity (Wildman–Crippen MR) is 114 cm³/mol. The minimum absolute atomic E-state index is 0.0346. The van der Waals surface area contributed by atoms with E-state index in [-0.39, 0.29) is 27.1 Å². The minimum atomic E-state index is -0.779. The minimum Gasteiger partial charge on any atom is -0.506 e. The molecule has 5 nitrogen and oxygen atoms in total. The number of allylic oxidation sites excluding steroid dienone is 1. The number of nitrogens with one attached hydrogen (secondary N) is 1. The number of nitrogens with zero attached hydrogens (tertiary/aromatic N) is 1. The van der Waals surface area contributed by atoms with Gasteiger partial charge in [0.15, 0.2) is 16.6 Å². The van der Waals surface area contributed by atoms with E-state index in [9.17, 15) is 15.0 Å². The lowest BCUT2D eigenvalue weighted by Gasteiger charge is -2.37. The fourth-order valence-corrected chi connectivity index (χ4v) is 4.13. The maximum Gasteiger partial charge on any atom is 0.193 e. The first-order valence-corrected chi connectivity index (χ1v) is 9.72. The van der Waals surface area contributed by atoms with Crippen molar-refractivity contribution in [1.82, 2.24) is 10.2 Å². The van der Waals surface area contributed by atoms with Gasteiger partial charge in [0.25, 0.3) is 0 Å². The van der Waals surface area contributed by atoms with Gasteiger partial charge in [0.1, 0.15) is 10.8 Å². The van der Waals surface area contributed by atoms with Crippen LogP contribution < -0.4 is 5.32 Å². The molecule has 0 amide bonds. The molecule has 1 heterocycles. The number of hydrogen-bond donors (Lipinski definition) is 3. The molecule has 1 aliphatic heterocycles. The van der Waals surface area contributed by atoms with E-state index >= 15 is 0 Å². The number of carbonyl (C=O) groups is 1. The van der Waals surface area contributed by atoms with E-state index in [4.69, 9.17) is 35.4 Å². The van der Waals surface area contributed by atoms with Gasteiger partial charge in [-0.05, 0) is 32.1 Å². The summed E-state index contributed by atoms with van der Waals surface area (Å²) < 4.78 is 0. The second-order valence-electron chi connectivity index (χ2n) is 6.28. The number of benzene rings is 2. The van der Waals surface area contributed by atoms with Crippen LogP contribution in [0.2, 0.25) is 10.0 Å². The van der Waals surface area contributed by atoms with Crippen molar-refractivity contribution >= 4 is 46.3 Å². The summed E-state index contributed by atoms with van der Waals surface area (Å²) in [4.78, 5) is 15.2. The first-order valence-electron chi connectivity index (χ1n) is 8.56. The van der Waals surface area contributed by atoms with Crippen LogP contribution in [-0.2, 0) is 0 Å². The maximum absolute atomic E-state index is 13.3. The zero-order valence-corrected chi connectivity index (χ0v) is 17.5. The van der Waals surface area contributed by atoms with E-state index in [1.165, 1.54) is 6.07 Å². The predicted octanol–water partition coefficient (Wildman–Crippen LogP) is 4.81. The third-order valence-corrected chi connectivity index (χ3v) is 5.69. The molecule has 3 N–H and O–H groups in total. The lowest BCUT2D eigenvalue weighted by Crippen LogP contribution is -2.47. The van der Waals surface area contributed by atoms with Crippen molar-refractivity contribution in [3.8, 4) is 11.5 Å². The Morgan fingerprint density at radius 3 is 2.46 bits per heavy atom. The summed E-state index contributed by atoms with van der Waals surface area (Å²) in [5, 5.41) is 23.6. The van der Waals surface area contributed by atoms with Crippen molar-refractivity contribution in [2.75, 3.05) is 6.54 Å². The maximum atomic E-state index is 13.3. The third kappa shape index (κ3) is 3.43. The Kier molecular flexibility index (Phi) is 5.84. The molecular formula is C20H18Cl2N2O3S. The fourth-order valence-electron chi connectivity index (χ4n) is 3.27. The highest BCUT2D eigenvalue weighted by Gasteiger charge is 2.36. The summed E-state index contributed by atoms with van der Waals surface area (Å²) in [6.07, 6.45) is 0. The summed E-state index contributed by atoms with van der Waals surface area (Å²) in [6, 6.07) is 9.43. The van der Waals surface area contributed by atoms with Crippen LogP contribution in [0.3, 0.4) is 0 Å². The van der Waals surface area contributed by atoms with Crippen molar-refractivity contribution in [2.24, 2.45) is 0 Å². The lowest BCUT2D eigenvalue weighted by atomic mass is 9.88. The van der Waals surface area contributed by atoms with E-state index in [1.54, 1.807) is 31.2 Å². The number of hydrogen-bond acceptors (Lipinski definition) is 4. The average Bonchev–Trinajstić information content (AvgIpc) is 2.69. The van der Waals surface area contributed by atoms with Gasteiger partial charge in [0.05, 0.1) is 11.1 Å². The number of aromatic hydroxyl groups is 2. The van der Waals surface area contributed by atoms with Gasteiger partial charge >= 0.3 is 0 Å². The highest BCUT2D eigenvalue weighted by atomic mass is 35.5. The van der Waals surface area contributed by atoms with Crippen molar-refractivity contribution in [2.45, 2.75) is 19.9 Å². The van der Waals surface area contributed by atoms with E-state index in [0.29, 0.717) is 28.5 Å². The number of thiocarbonyl (C=S) groups is 1. The van der Waals surface area contributed by atoms with Crippen LogP contribution >= 0.6 is 35.4 Å². The Balaban J connectivity index is 2.23. The van der Waals surface area contributed by atoms with Gasteiger partial charge in [-0.25, -0.2) is 0 Å². The summed E-state index contributed by atoms with van der Waals surface area (Å²) >= 11 is 17.5. The first-order chi connectivity index (χ1) is 13.3. The van der Waals surface area contributed by atoms with Crippen LogP contribution in [-0.4, -0.2) is 32.6 Å². The van der Waals surface area contributed by atoms with Gasteiger partial charge in [0.2, 0.25) is 0 Å². The Hall–Kier alpha value is -2.28. The molecule has 2 aromatic carbocycles. The third-order valence-electron chi connectivity index (χ3n) is 4.70. The SMILES string of the molecule is CCN1C(=S)NC(c2cc(Cl)c(O)c(Cl)c2O)C(C(=O)c2ccccc2)=C1C. The van der Waals surface area contributed by atoms with Crippen LogP contribution in [0.25, 0.3) is 0 Å². The number of phenols is 2. The molecule has 28 heavy (non-hydrogen) atoms. The normalized spacial score (nSPS) is 16.9. The van der Waals surface area contributed by atoms with Crippen LogP contribution in [0, 0.1) is 0 Å². The highest BCUT2D eigenvalue weighted by molar-refractivity contribution is 7.80. The summed E-state index contributed by atoms with van der Waals surface area (Å²) in [6.45, 7) is 4.30. The molecular weight excluding hydrogens is 419 g/mol. The Morgan fingerprint density at radius 2 is 1.86 bits per heavy atom. The molecule has 0 bridgehead atoms. The summed E-state index contributed by atoms with van der Waals surface area (Å²) in [7, 11) is 0. The number of carbonyl (C=O) groups excluding carboxylic acids is 1. The molecule has 1 atom stereocenters. The number of halogens is 2. The van der Waals surface area contributed by atoms with Gasteiger partial charge in [-0.3, -0.25) is 4.79 Å². The molecule has 0 saturated heterocycles. The quantitative estimate of drug-likeness (QED) is 0.471. The number of rotatable bonds is 4. The van der Waals surface area contributed by atoms with Crippen molar-refractivity contribution < 1.29 is 15.0 Å². The summed E-state index contributed by atoms with van der Waals surface area (Å²) in [5.74, 6) is -0.994. The Bertz CT molecular complexity index is 993. The molecule has 0 fully saturated rings. The largest absolute Gasteiger partial charge is 0.506 e. The second-order valence-corrected chi connectivity index (χ2v) is 7.45. The number of ketones is 1. The highest BCUT2D eigenvalue weighted by Crippen LogP contribution is 2.46. The smallest absolute Gasteiger partial charge is 0.193 e. The lowest BCUT2D eigenvalue weighted by molar-refractivity contribution is 0.102. The van der Waals surface area contributed by atoms with Gasteiger partial charge in [-0.15, -0.1) is 0 Å². The fraction of sp³-hybridized carbons (Fsp3) is 0.200. The molecule has 1 unspecified atom stereocenters. The Morgan fingerprint density at radius 1 is 1.21 bits per heavy atom. The van der Waals surface area contributed by atoms with Crippen molar-refractivity contribution in [3.63, 3.8) is 0 Å². The van der Waals surface area contributed by atoms with E-state index in [1.807, 2.05) is 17.9 Å². The molecule has 3 rings (SSSR count). The second kappa shape index (κ2) is 7.99. The molecule has 8 heteroatoms. The zero-order valence-electron chi connectivity index (χ0n) is 15.2. The first kappa shape index (κ1) is 20.5. The molecule has 0 radical (unpaired) electrons. The van der Waals surface area contributed by atoms with Crippen LogP contribution in [0.15, 0.2) is 47.7 Å². The summed E-state index contributed by atoms with van der Waals surface area (Å²) in [5.41, 5.74) is 1.84. The molecule has 146 valence electrons. The molecule has 2 aromatic rings. The van der Waals surface area contributed by atoms with Crippen LogP contribution in [0.4, 0.5) is 0 Å². The Labute approximate surface area is 178 Å². The van der Waals surface area contributed by atoms with E-state index in [2.05, 4.69) is 5.32 Å². The number of Topliss-reactive ketones (excluding diaryl/α,β-unsaturated/α-hetero) is 1. The molecule has 0 aliphatic carbocycles. The molecule has 0 saturated carbocycles. The van der Waals surface area contributed by atoms with E-state index < -0.39 is 11.8 Å². The van der Waals surface area contributed by atoms with Gasteiger partial charge in [-0.1, -0.05) is 53.5 Å². The molecule has 0 spiro atoms. The topological polar surface area (TPSA) is 72.8 Å². The monoisotopic (exact) mass is 436 g/mol. The van der Waals surface area contributed by atoms with Crippen molar-refractivity contribution in [1.29, 1.82) is 0 Å². The average molecular weight is 437 g/mol. The standard InChI is InChI=1S/C20H18Cl2N2O3S/c1-3-24-10(2)14(17(25)11-7-5-4-6-8-11)16(23-20(24)28)12-9-13(21)19(27)15(22)18(12)26/h4-9,16,26-27H,3H2,1-2H3,(H,23,28). The number of phenolic OH excluding ortho intramolecular Hbond substituents is 2. The van der Waals surface area contributed by atoms with Gasteiger partial charge < -0.3 is 20.4 Å². The van der Waals surface area contributed by atoms with Gasteiger partial charge in [0, 0.05) is 28.9 Å². The van der Waals surface area contributed by atoms with Gasteiger partial charge in [-0.2, -0.15) is 0 Å². The van der Waals surface area contributed by atoms with Crippen molar-refractivity contribution in [3.05, 3.63) is 68.8 Å². The molecule has 1 aliphatic rings. The van der Waals surface area contributed by atoms with E-state index in [0.717, 1.165) is 0 Å². The zero-order chi connectivity index (χ0) is 20.6. The van der Waals surface area contributed by atoms with Crippen LogP contribution in [0.5, 0.6) is 11.5 Å². The van der Waals surface area contributed by atoms with Crippen LogP contribution in [0.1, 0.15) is 35.8 Å². The molecule has 0 aromatic heterocycles.